The van der Waals surface area contributed by atoms with Crippen LogP contribution >= 0.6 is 11.3 Å². The van der Waals surface area contributed by atoms with Crippen LogP contribution in [-0.2, 0) is 10.0 Å². The minimum absolute atomic E-state index is 0.00180. The third-order valence-corrected chi connectivity index (χ3v) is 6.32. The van der Waals surface area contributed by atoms with Gasteiger partial charge in [-0.2, -0.15) is 4.31 Å². The van der Waals surface area contributed by atoms with Gasteiger partial charge in [0.2, 0.25) is 0 Å². The zero-order valence-electron chi connectivity index (χ0n) is 9.66. The molecule has 0 aliphatic carbocycles. The zero-order valence-corrected chi connectivity index (χ0v) is 11.3. The molecule has 1 aromatic heterocycles. The first-order chi connectivity index (χ1) is 8.28. The quantitative estimate of drug-likeness (QED) is 0.846. The number of aromatic carboxylic acids is 1. The van der Waals surface area contributed by atoms with Crippen molar-refractivity contribution in [2.45, 2.75) is 23.2 Å². The molecule has 2 heterocycles. The number of carboxylic acids is 1. The maximum atomic E-state index is 12.1. The highest BCUT2D eigenvalue weighted by Crippen LogP contribution is 2.32. The molecule has 0 spiro atoms. The number of β-amino-alcohol motifs (C(OH)–C–C–N with tert-alkyl or cyclic N) is 1. The van der Waals surface area contributed by atoms with Gasteiger partial charge in [-0.1, -0.05) is 6.92 Å². The third kappa shape index (κ3) is 2.16. The Morgan fingerprint density at radius 1 is 1.50 bits per heavy atom. The SMILES string of the molecule is CCC1(O)CN(S(=O)(=O)c2ccc(C(=O)O)s2)C1. The molecule has 100 valence electrons. The fraction of sp³-hybridized carbons (Fsp3) is 0.500. The number of sulfonamides is 1. The highest BCUT2D eigenvalue weighted by atomic mass is 32.2. The monoisotopic (exact) mass is 291 g/mol. The van der Waals surface area contributed by atoms with Crippen molar-refractivity contribution in [3.05, 3.63) is 17.0 Å². The van der Waals surface area contributed by atoms with Crippen LogP contribution in [0.5, 0.6) is 0 Å². The van der Waals surface area contributed by atoms with Crippen molar-refractivity contribution in [1.82, 2.24) is 4.31 Å². The molecule has 0 aromatic carbocycles. The predicted molar refractivity (Wildman–Crippen MR) is 65.3 cm³/mol. The molecule has 0 atom stereocenters. The molecule has 6 nitrogen and oxygen atoms in total. The van der Waals surface area contributed by atoms with Crippen LogP contribution in [0.1, 0.15) is 23.0 Å². The predicted octanol–water partition coefficient (Wildman–Crippen LogP) is 0.592. The molecule has 18 heavy (non-hydrogen) atoms. The minimum Gasteiger partial charge on any atom is -0.477 e. The van der Waals surface area contributed by atoms with E-state index in [1.807, 2.05) is 0 Å². The Hall–Kier alpha value is -0.960. The van der Waals surface area contributed by atoms with Gasteiger partial charge in [0, 0.05) is 13.1 Å². The number of rotatable bonds is 4. The summed E-state index contributed by atoms with van der Waals surface area (Å²) < 4.78 is 25.3. The van der Waals surface area contributed by atoms with Gasteiger partial charge in [-0.05, 0) is 18.6 Å². The molecular weight excluding hydrogens is 278 g/mol. The molecule has 0 bridgehead atoms. The molecule has 8 heteroatoms. The van der Waals surface area contributed by atoms with E-state index < -0.39 is 21.6 Å². The second-order valence-electron chi connectivity index (χ2n) is 4.27. The first-order valence-corrected chi connectivity index (χ1v) is 7.60. The van der Waals surface area contributed by atoms with Crippen LogP contribution in [0.15, 0.2) is 16.3 Å². The molecule has 0 saturated carbocycles. The molecule has 1 aliphatic heterocycles. The van der Waals surface area contributed by atoms with Crippen LogP contribution in [0, 0.1) is 0 Å². The van der Waals surface area contributed by atoms with E-state index >= 15 is 0 Å². The molecule has 0 amide bonds. The van der Waals surface area contributed by atoms with E-state index in [9.17, 15) is 18.3 Å². The number of aliphatic hydroxyl groups is 1. The molecular formula is C10H13NO5S2. The van der Waals surface area contributed by atoms with Crippen molar-refractivity contribution < 1.29 is 23.4 Å². The first kappa shape index (κ1) is 13.5. The van der Waals surface area contributed by atoms with Gasteiger partial charge in [0.15, 0.2) is 0 Å². The smallest absolute Gasteiger partial charge is 0.345 e. The van der Waals surface area contributed by atoms with E-state index in [-0.39, 0.29) is 22.2 Å². The van der Waals surface area contributed by atoms with Crippen molar-refractivity contribution in [3.8, 4) is 0 Å². The minimum atomic E-state index is -3.67. The Morgan fingerprint density at radius 2 is 2.11 bits per heavy atom. The average Bonchev–Trinajstić information content (AvgIpc) is 2.74. The normalized spacial score (nSPS) is 19.4. The number of carboxylic acid groups (broad SMARTS) is 1. The topological polar surface area (TPSA) is 94.9 Å². The summed E-state index contributed by atoms with van der Waals surface area (Å²) in [6.45, 7) is 1.91. The van der Waals surface area contributed by atoms with Crippen LogP contribution in [0.3, 0.4) is 0 Å². The number of thiophene rings is 1. The summed E-state index contributed by atoms with van der Waals surface area (Å²) in [5.74, 6) is -1.14. The number of hydrogen-bond donors (Lipinski definition) is 2. The Morgan fingerprint density at radius 3 is 2.56 bits per heavy atom. The van der Waals surface area contributed by atoms with Crippen molar-refractivity contribution in [2.75, 3.05) is 13.1 Å². The lowest BCUT2D eigenvalue weighted by Gasteiger charge is -2.44. The van der Waals surface area contributed by atoms with E-state index in [1.54, 1.807) is 6.92 Å². The average molecular weight is 291 g/mol. The zero-order chi connectivity index (χ0) is 13.6. The highest BCUT2D eigenvalue weighted by Gasteiger charge is 2.46. The second kappa shape index (κ2) is 4.30. The van der Waals surface area contributed by atoms with Gasteiger partial charge in [0.1, 0.15) is 9.09 Å². The van der Waals surface area contributed by atoms with Gasteiger partial charge in [-0.25, -0.2) is 13.2 Å². The number of carbonyl (C=O) groups is 1. The van der Waals surface area contributed by atoms with Gasteiger partial charge < -0.3 is 10.2 Å². The lowest BCUT2D eigenvalue weighted by atomic mass is 9.94. The summed E-state index contributed by atoms with van der Waals surface area (Å²) in [5, 5.41) is 18.6. The maximum Gasteiger partial charge on any atom is 0.345 e. The van der Waals surface area contributed by atoms with E-state index in [2.05, 4.69) is 0 Å². The molecule has 1 fully saturated rings. The molecule has 0 unspecified atom stereocenters. The summed E-state index contributed by atoms with van der Waals surface area (Å²) in [7, 11) is -3.67. The lowest BCUT2D eigenvalue weighted by molar-refractivity contribution is -0.0612. The van der Waals surface area contributed by atoms with Crippen molar-refractivity contribution in [1.29, 1.82) is 0 Å². The Labute approximate surface area is 109 Å². The Bertz CT molecular complexity index is 571. The van der Waals surface area contributed by atoms with Gasteiger partial charge in [-0.15, -0.1) is 11.3 Å². The molecule has 1 aliphatic rings. The highest BCUT2D eigenvalue weighted by molar-refractivity contribution is 7.91. The molecule has 0 radical (unpaired) electrons. The van der Waals surface area contributed by atoms with Crippen LogP contribution in [0.25, 0.3) is 0 Å². The van der Waals surface area contributed by atoms with Gasteiger partial charge >= 0.3 is 5.97 Å². The lowest BCUT2D eigenvalue weighted by Crippen LogP contribution is -2.62. The van der Waals surface area contributed by atoms with Crippen molar-refractivity contribution in [2.24, 2.45) is 0 Å². The largest absolute Gasteiger partial charge is 0.477 e. The number of hydrogen-bond acceptors (Lipinski definition) is 5. The van der Waals surface area contributed by atoms with Crippen molar-refractivity contribution in [3.63, 3.8) is 0 Å². The summed E-state index contributed by atoms with van der Waals surface area (Å²) in [4.78, 5) is 10.7. The van der Waals surface area contributed by atoms with E-state index in [0.717, 1.165) is 15.6 Å². The van der Waals surface area contributed by atoms with Crippen LogP contribution < -0.4 is 0 Å². The molecule has 2 rings (SSSR count). The van der Waals surface area contributed by atoms with E-state index in [1.165, 1.54) is 12.1 Å². The fourth-order valence-corrected chi connectivity index (χ4v) is 4.60. The van der Waals surface area contributed by atoms with Crippen LogP contribution in [-0.4, -0.2) is 47.6 Å². The van der Waals surface area contributed by atoms with Gasteiger partial charge in [0.25, 0.3) is 10.0 Å². The molecule has 1 aromatic rings. The molecule has 1 saturated heterocycles. The fourth-order valence-electron chi connectivity index (χ4n) is 1.70. The van der Waals surface area contributed by atoms with Gasteiger partial charge in [-0.3, -0.25) is 0 Å². The summed E-state index contributed by atoms with van der Waals surface area (Å²) in [6, 6.07) is 2.55. The maximum absolute atomic E-state index is 12.1. The van der Waals surface area contributed by atoms with Gasteiger partial charge in [0.05, 0.1) is 5.60 Å². The summed E-state index contributed by atoms with van der Waals surface area (Å²) in [6.07, 6.45) is 0.490. The Kier molecular flexibility index (Phi) is 3.22. The third-order valence-electron chi connectivity index (χ3n) is 2.99. The standard InChI is InChI=1S/C10H13NO5S2/c1-2-10(14)5-11(6-10)18(15,16)8-4-3-7(17-8)9(12)13/h3-4,14H,2,5-6H2,1H3,(H,12,13). The summed E-state index contributed by atoms with van der Waals surface area (Å²) in [5.41, 5.74) is -0.944. The first-order valence-electron chi connectivity index (χ1n) is 5.34. The van der Waals surface area contributed by atoms with E-state index in [0.29, 0.717) is 6.42 Å². The van der Waals surface area contributed by atoms with Crippen LogP contribution in [0.4, 0.5) is 0 Å². The molecule has 2 N–H and O–H groups in total. The van der Waals surface area contributed by atoms with Crippen LogP contribution in [0.2, 0.25) is 0 Å². The Balaban J connectivity index is 2.20. The van der Waals surface area contributed by atoms with Crippen molar-refractivity contribution >= 4 is 27.3 Å². The summed E-state index contributed by atoms with van der Waals surface area (Å²) >= 11 is 0.722. The van der Waals surface area contributed by atoms with E-state index in [4.69, 9.17) is 5.11 Å². The second-order valence-corrected chi connectivity index (χ2v) is 7.52. The number of nitrogens with zero attached hydrogens (tertiary/aromatic N) is 1.